The van der Waals surface area contributed by atoms with Gasteiger partial charge in [0.05, 0.1) is 5.41 Å². The van der Waals surface area contributed by atoms with E-state index < -0.39 is 0 Å². The number of anilines is 1. The molecule has 3 aliphatic rings. The predicted octanol–water partition coefficient (Wildman–Crippen LogP) is 1.77. The lowest BCUT2D eigenvalue weighted by atomic mass is 9.76. The van der Waals surface area contributed by atoms with Gasteiger partial charge >= 0.3 is 5.97 Å². The molecule has 27 heavy (non-hydrogen) atoms. The monoisotopic (exact) mass is 417 g/mol. The summed E-state index contributed by atoms with van der Waals surface area (Å²) in [4.78, 5) is 23.1. The van der Waals surface area contributed by atoms with Gasteiger partial charge in [-0.1, -0.05) is 0 Å². The van der Waals surface area contributed by atoms with E-state index in [0.717, 1.165) is 70.5 Å². The number of likely N-dealkylation sites (tertiary alicyclic amines) is 1. The first-order valence-electron chi connectivity index (χ1n) is 9.37. The third-order valence-electron chi connectivity index (χ3n) is 6.05. The van der Waals surface area contributed by atoms with Gasteiger partial charge in [-0.25, -0.2) is 9.97 Å². The molecule has 1 unspecified atom stereocenters. The fourth-order valence-corrected chi connectivity index (χ4v) is 4.57. The molecule has 4 rings (SSSR count). The molecule has 3 saturated heterocycles. The molecule has 0 radical (unpaired) electrons. The van der Waals surface area contributed by atoms with Crippen LogP contribution in [-0.2, 0) is 9.53 Å². The summed E-state index contributed by atoms with van der Waals surface area (Å²) in [7, 11) is 0. The number of hydrogen-bond donors (Lipinski definition) is 2. The van der Waals surface area contributed by atoms with Gasteiger partial charge in [-0.15, -0.1) is 24.8 Å². The summed E-state index contributed by atoms with van der Waals surface area (Å²) in [6.45, 7) is 4.73. The Labute approximate surface area is 172 Å². The molecule has 0 bridgehead atoms. The maximum atomic E-state index is 12.4. The maximum Gasteiger partial charge on any atom is 0.312 e. The van der Waals surface area contributed by atoms with Gasteiger partial charge in [-0.2, -0.15) is 0 Å². The van der Waals surface area contributed by atoms with Crippen LogP contribution in [0.3, 0.4) is 0 Å². The van der Waals surface area contributed by atoms with Crippen LogP contribution in [0.5, 0.6) is 0 Å². The Bertz CT molecular complexity index is 634. The average molecular weight is 418 g/mol. The maximum absolute atomic E-state index is 12.4. The zero-order valence-electron chi connectivity index (χ0n) is 15.4. The Morgan fingerprint density at radius 1 is 1.26 bits per heavy atom. The minimum Gasteiger partial charge on any atom is -0.461 e. The summed E-state index contributed by atoms with van der Waals surface area (Å²) in [5.74, 6) is 0.832. The molecule has 152 valence electrons. The van der Waals surface area contributed by atoms with Crippen LogP contribution >= 0.6 is 24.8 Å². The lowest BCUT2D eigenvalue weighted by molar-refractivity contribution is -0.150. The highest BCUT2D eigenvalue weighted by Crippen LogP contribution is 2.42. The first-order chi connectivity index (χ1) is 12.1. The van der Waals surface area contributed by atoms with E-state index in [1.54, 1.807) is 6.20 Å². The first-order valence-corrected chi connectivity index (χ1v) is 9.37. The van der Waals surface area contributed by atoms with E-state index in [2.05, 4.69) is 20.2 Å². The molecule has 3 N–H and O–H groups in total. The van der Waals surface area contributed by atoms with E-state index in [9.17, 15) is 4.79 Å². The van der Waals surface area contributed by atoms with Crippen LogP contribution in [0.15, 0.2) is 12.3 Å². The fourth-order valence-electron chi connectivity index (χ4n) is 4.57. The normalized spacial score (nSPS) is 25.5. The fraction of sp³-hybridized carbons (Fsp3) is 0.722. The summed E-state index contributed by atoms with van der Waals surface area (Å²) in [5.41, 5.74) is 6.53. The van der Waals surface area contributed by atoms with Crippen molar-refractivity contribution in [1.29, 1.82) is 0 Å². The quantitative estimate of drug-likeness (QED) is 0.723. The Morgan fingerprint density at radius 3 is 2.63 bits per heavy atom. The molecular formula is C18H29Cl2N5O2. The number of carbonyl (C=O) groups excluding carboxylic acids is 1. The summed E-state index contributed by atoms with van der Waals surface area (Å²) in [6, 6.07) is 1.97. The molecule has 3 aliphatic heterocycles. The molecule has 1 spiro atoms. The number of nitrogen functional groups attached to an aromatic ring is 1. The first kappa shape index (κ1) is 22.1. The van der Waals surface area contributed by atoms with E-state index in [1.165, 1.54) is 0 Å². The highest BCUT2D eigenvalue weighted by molar-refractivity contribution is 5.85. The van der Waals surface area contributed by atoms with Crippen LogP contribution in [-0.4, -0.2) is 59.7 Å². The summed E-state index contributed by atoms with van der Waals surface area (Å²) in [6.07, 6.45) is 6.63. The average Bonchev–Trinajstić information content (AvgIpc) is 2.91. The number of nitrogens with zero attached hydrogens (tertiary/aromatic N) is 3. The number of aromatic nitrogens is 2. The van der Waals surface area contributed by atoms with Crippen LogP contribution in [0.25, 0.3) is 0 Å². The number of esters is 1. The Hall–Kier alpha value is -1.15. The highest BCUT2D eigenvalue weighted by Gasteiger charge is 2.49. The van der Waals surface area contributed by atoms with Crippen molar-refractivity contribution in [2.24, 2.45) is 5.41 Å². The van der Waals surface area contributed by atoms with Gasteiger partial charge in [-0.3, -0.25) is 9.69 Å². The molecule has 0 amide bonds. The van der Waals surface area contributed by atoms with Crippen molar-refractivity contribution in [3.05, 3.63) is 18.0 Å². The molecule has 1 aromatic rings. The number of halogens is 2. The van der Waals surface area contributed by atoms with Crippen LogP contribution in [0.2, 0.25) is 0 Å². The number of hydrogen-bond acceptors (Lipinski definition) is 7. The SMILES string of the molecule is Cl.Cl.Nc1nccc(C2CCN(CC3CC4(CCNCC4)C(=O)O3)CC2)n1. The number of rotatable bonds is 3. The van der Waals surface area contributed by atoms with Gasteiger partial charge < -0.3 is 15.8 Å². The van der Waals surface area contributed by atoms with Crippen molar-refractivity contribution >= 4 is 36.7 Å². The minimum atomic E-state index is -0.216. The van der Waals surface area contributed by atoms with Gasteiger partial charge in [0.15, 0.2) is 0 Å². The highest BCUT2D eigenvalue weighted by atomic mass is 35.5. The molecule has 1 aromatic heterocycles. The van der Waals surface area contributed by atoms with Gasteiger partial charge in [0.2, 0.25) is 5.95 Å². The lowest BCUT2D eigenvalue weighted by Gasteiger charge is -2.33. The molecule has 9 heteroatoms. The molecule has 7 nitrogen and oxygen atoms in total. The summed E-state index contributed by atoms with van der Waals surface area (Å²) >= 11 is 0. The van der Waals surface area contributed by atoms with Crippen molar-refractivity contribution in [3.8, 4) is 0 Å². The van der Waals surface area contributed by atoms with E-state index in [-0.39, 0.29) is 42.3 Å². The zero-order chi connectivity index (χ0) is 17.3. The number of carbonyl (C=O) groups is 1. The second kappa shape index (κ2) is 9.37. The lowest BCUT2D eigenvalue weighted by Crippen LogP contribution is -2.40. The molecule has 0 aromatic carbocycles. The number of cyclic esters (lactones) is 1. The van der Waals surface area contributed by atoms with Crippen molar-refractivity contribution in [3.63, 3.8) is 0 Å². The van der Waals surface area contributed by atoms with Crippen molar-refractivity contribution in [2.45, 2.75) is 44.1 Å². The second-order valence-corrected chi connectivity index (χ2v) is 7.68. The standard InChI is InChI=1S/C18H27N5O2.2ClH/c19-17-21-6-1-15(22-17)13-2-9-23(10-3-13)12-14-11-18(16(24)25-14)4-7-20-8-5-18;;/h1,6,13-14,20H,2-5,7-12H2,(H2,19,21,22);2*1H. The number of nitrogens with two attached hydrogens (primary N) is 1. The second-order valence-electron chi connectivity index (χ2n) is 7.68. The van der Waals surface area contributed by atoms with Crippen LogP contribution in [0.1, 0.15) is 43.7 Å². The molecule has 3 fully saturated rings. The van der Waals surface area contributed by atoms with Crippen molar-refractivity contribution in [2.75, 3.05) is 38.5 Å². The van der Waals surface area contributed by atoms with Gasteiger partial charge in [-0.05, 0) is 57.9 Å². The molecule has 0 saturated carbocycles. The van der Waals surface area contributed by atoms with E-state index in [0.29, 0.717) is 11.9 Å². The molecule has 0 aliphatic carbocycles. The van der Waals surface area contributed by atoms with Crippen LogP contribution in [0, 0.1) is 5.41 Å². The number of piperidine rings is 2. The summed E-state index contributed by atoms with van der Waals surface area (Å²) in [5, 5.41) is 3.34. The predicted molar refractivity (Wildman–Crippen MR) is 108 cm³/mol. The van der Waals surface area contributed by atoms with Crippen molar-refractivity contribution < 1.29 is 9.53 Å². The largest absolute Gasteiger partial charge is 0.461 e. The van der Waals surface area contributed by atoms with E-state index in [4.69, 9.17) is 10.5 Å². The molecule has 1 atom stereocenters. The van der Waals surface area contributed by atoms with E-state index >= 15 is 0 Å². The Kier molecular flexibility index (Phi) is 7.68. The Balaban J connectivity index is 0.00000131. The molecular weight excluding hydrogens is 389 g/mol. The van der Waals surface area contributed by atoms with Crippen molar-refractivity contribution in [1.82, 2.24) is 20.2 Å². The number of ether oxygens (including phenoxy) is 1. The van der Waals surface area contributed by atoms with Crippen LogP contribution in [0.4, 0.5) is 5.95 Å². The topological polar surface area (TPSA) is 93.4 Å². The third kappa shape index (κ3) is 4.83. The third-order valence-corrected chi connectivity index (χ3v) is 6.05. The van der Waals surface area contributed by atoms with Gasteiger partial charge in [0.1, 0.15) is 6.10 Å². The Morgan fingerprint density at radius 2 is 1.96 bits per heavy atom. The molecule has 4 heterocycles. The van der Waals surface area contributed by atoms with E-state index in [1.807, 2.05) is 6.07 Å². The smallest absolute Gasteiger partial charge is 0.312 e. The summed E-state index contributed by atoms with van der Waals surface area (Å²) < 4.78 is 5.74. The minimum absolute atomic E-state index is 0. The van der Waals surface area contributed by atoms with Crippen LogP contribution < -0.4 is 11.1 Å². The number of nitrogens with one attached hydrogen (secondary N) is 1. The van der Waals surface area contributed by atoms with Gasteiger partial charge in [0.25, 0.3) is 0 Å². The zero-order valence-corrected chi connectivity index (χ0v) is 17.1. The van der Waals surface area contributed by atoms with Gasteiger partial charge in [0, 0.05) is 30.8 Å².